The van der Waals surface area contributed by atoms with Crippen molar-refractivity contribution < 1.29 is 28.1 Å². The lowest BCUT2D eigenvalue weighted by Crippen LogP contribution is -2.40. The van der Waals surface area contributed by atoms with Crippen molar-refractivity contribution >= 4 is 11.8 Å². The minimum absolute atomic E-state index is 0.200. The predicted octanol–water partition coefficient (Wildman–Crippen LogP) is 8.31. The van der Waals surface area contributed by atoms with Crippen molar-refractivity contribution in [2.45, 2.75) is 88.6 Å². The summed E-state index contributed by atoms with van der Waals surface area (Å²) in [6.45, 7) is 6.60. The van der Waals surface area contributed by atoms with E-state index < -0.39 is 18.0 Å². The highest BCUT2D eigenvalue weighted by Gasteiger charge is 2.46. The standard InChI is InChI=1S/C32H46F3NO3S/c1-30(2,33)32(34,35)17-9-21-40-20-7-5-6-18-36(4)19-8-10-28-27-16-15-26(38)22-29(27)39-23-31(28,3)24-11-13-25(37)14-12-24/h11-16,22,28,37-38H,5-10,17-21,23H2,1-4H3/t28-,31-/m1/s1. The Morgan fingerprint density at radius 3 is 2.27 bits per heavy atom. The molecule has 2 N–H and O–H groups in total. The van der Waals surface area contributed by atoms with Crippen LogP contribution in [0.3, 0.4) is 0 Å². The Bertz CT molecular complexity index is 1060. The Balaban J connectivity index is 1.40. The number of aromatic hydroxyl groups is 2. The van der Waals surface area contributed by atoms with E-state index in [2.05, 4.69) is 18.9 Å². The van der Waals surface area contributed by atoms with E-state index in [0.29, 0.717) is 18.8 Å². The first-order chi connectivity index (χ1) is 18.8. The largest absolute Gasteiger partial charge is 0.508 e. The second kappa shape index (κ2) is 14.2. The number of hydrogen-bond acceptors (Lipinski definition) is 5. The fraction of sp³-hybridized carbons (Fsp3) is 0.625. The van der Waals surface area contributed by atoms with Gasteiger partial charge in [-0.2, -0.15) is 11.8 Å². The van der Waals surface area contributed by atoms with E-state index in [4.69, 9.17) is 4.74 Å². The second-order valence-corrected chi connectivity index (χ2v) is 13.2. The molecular weight excluding hydrogens is 535 g/mol. The van der Waals surface area contributed by atoms with E-state index in [9.17, 15) is 23.4 Å². The SMILES string of the molecule is CN(CCCCCSCCCC(F)(F)C(C)(C)F)CCC[C@@H]1c2ccc(O)cc2OC[C@]1(C)c1ccc(O)cc1. The van der Waals surface area contributed by atoms with E-state index in [-0.39, 0.29) is 22.8 Å². The van der Waals surface area contributed by atoms with Gasteiger partial charge in [-0.1, -0.05) is 31.5 Å². The summed E-state index contributed by atoms with van der Waals surface area (Å²) < 4.78 is 47.0. The van der Waals surface area contributed by atoms with Crippen LogP contribution in [0, 0.1) is 0 Å². The first kappa shape index (κ1) is 32.5. The van der Waals surface area contributed by atoms with Crippen molar-refractivity contribution in [1.82, 2.24) is 4.90 Å². The molecule has 0 bridgehead atoms. The van der Waals surface area contributed by atoms with Gasteiger partial charge in [-0.25, -0.2) is 13.2 Å². The normalized spacial score (nSPS) is 19.4. The third kappa shape index (κ3) is 8.72. The Hall–Kier alpha value is -2.06. The number of alkyl halides is 3. The molecule has 0 aromatic heterocycles. The Kier molecular flexibility index (Phi) is 11.5. The summed E-state index contributed by atoms with van der Waals surface area (Å²) in [4.78, 5) is 2.36. The number of thioether (sulfide) groups is 1. The van der Waals surface area contributed by atoms with Gasteiger partial charge in [0, 0.05) is 23.8 Å². The maximum absolute atomic E-state index is 13.7. The molecule has 3 rings (SSSR count). The molecule has 0 radical (unpaired) electrons. The number of phenols is 2. The first-order valence-corrected chi connectivity index (χ1v) is 15.6. The smallest absolute Gasteiger partial charge is 0.280 e. The third-order valence-corrected chi connectivity index (χ3v) is 9.36. The van der Waals surface area contributed by atoms with E-state index >= 15 is 0 Å². The van der Waals surface area contributed by atoms with Crippen molar-refractivity contribution in [3.8, 4) is 17.2 Å². The van der Waals surface area contributed by atoms with Crippen LogP contribution in [0.2, 0.25) is 0 Å². The maximum Gasteiger partial charge on any atom is 0.280 e. The Morgan fingerprint density at radius 2 is 1.57 bits per heavy atom. The van der Waals surface area contributed by atoms with Crippen LogP contribution >= 0.6 is 11.8 Å². The molecule has 0 spiro atoms. The van der Waals surface area contributed by atoms with Crippen molar-refractivity contribution in [1.29, 1.82) is 0 Å². The van der Waals surface area contributed by atoms with Gasteiger partial charge in [0.1, 0.15) is 17.2 Å². The fourth-order valence-electron chi connectivity index (χ4n) is 5.44. The van der Waals surface area contributed by atoms with Crippen LogP contribution in [0.25, 0.3) is 0 Å². The van der Waals surface area contributed by atoms with Crippen LogP contribution in [0.4, 0.5) is 13.2 Å². The van der Waals surface area contributed by atoms with E-state index in [0.717, 1.165) is 81.7 Å². The molecule has 2 atom stereocenters. The summed E-state index contributed by atoms with van der Waals surface area (Å²) in [5, 5.41) is 19.8. The molecule has 0 fully saturated rings. The molecule has 2 aromatic rings. The molecule has 1 aliphatic heterocycles. The fourth-order valence-corrected chi connectivity index (χ4v) is 6.40. The van der Waals surface area contributed by atoms with Crippen LogP contribution in [0.15, 0.2) is 42.5 Å². The first-order valence-electron chi connectivity index (χ1n) is 14.4. The highest BCUT2D eigenvalue weighted by molar-refractivity contribution is 7.99. The van der Waals surface area contributed by atoms with Crippen LogP contribution in [0.1, 0.15) is 82.8 Å². The monoisotopic (exact) mass is 581 g/mol. The molecule has 8 heteroatoms. The summed E-state index contributed by atoms with van der Waals surface area (Å²) in [7, 11) is 2.15. The van der Waals surface area contributed by atoms with E-state index in [1.165, 1.54) is 0 Å². The Labute approximate surface area is 242 Å². The van der Waals surface area contributed by atoms with E-state index in [1.807, 2.05) is 18.2 Å². The third-order valence-electron chi connectivity index (χ3n) is 8.21. The highest BCUT2D eigenvalue weighted by Crippen LogP contribution is 2.49. The summed E-state index contributed by atoms with van der Waals surface area (Å²) >= 11 is 1.68. The number of unbranched alkanes of at least 4 members (excludes halogenated alkanes) is 2. The summed E-state index contributed by atoms with van der Waals surface area (Å²) in [6, 6.07) is 12.8. The van der Waals surface area contributed by atoms with Crippen LogP contribution in [-0.2, 0) is 5.41 Å². The van der Waals surface area contributed by atoms with Gasteiger partial charge < -0.3 is 19.8 Å². The molecule has 40 heavy (non-hydrogen) atoms. The number of ether oxygens (including phenoxy) is 1. The lowest BCUT2D eigenvalue weighted by Gasteiger charge is -2.43. The van der Waals surface area contributed by atoms with E-state index in [1.54, 1.807) is 36.0 Å². The number of benzene rings is 2. The molecule has 2 aromatic carbocycles. The number of halogens is 3. The summed E-state index contributed by atoms with van der Waals surface area (Å²) in [6.07, 6.45) is 5.17. The van der Waals surface area contributed by atoms with Gasteiger partial charge in [-0.05, 0) is 107 Å². The maximum atomic E-state index is 13.7. The van der Waals surface area contributed by atoms with Crippen LogP contribution in [0.5, 0.6) is 17.2 Å². The average Bonchev–Trinajstić information content (AvgIpc) is 2.88. The summed E-state index contributed by atoms with van der Waals surface area (Å²) in [5.74, 6) is -0.277. The number of hydrogen-bond donors (Lipinski definition) is 2. The molecule has 0 saturated heterocycles. The number of nitrogens with zero attached hydrogens (tertiary/aromatic N) is 1. The molecule has 1 aliphatic rings. The number of rotatable bonds is 16. The van der Waals surface area contributed by atoms with Gasteiger partial charge in [0.25, 0.3) is 5.92 Å². The van der Waals surface area contributed by atoms with Gasteiger partial charge in [-0.15, -0.1) is 0 Å². The van der Waals surface area contributed by atoms with Crippen molar-refractivity contribution in [3.05, 3.63) is 53.6 Å². The van der Waals surface area contributed by atoms with Gasteiger partial charge in [0.15, 0.2) is 5.67 Å². The van der Waals surface area contributed by atoms with Crippen LogP contribution in [-0.4, -0.2) is 65.0 Å². The van der Waals surface area contributed by atoms with Crippen molar-refractivity contribution in [2.75, 3.05) is 38.2 Å². The number of phenolic OH excluding ortho intramolecular Hbond substituents is 2. The minimum atomic E-state index is -3.26. The predicted molar refractivity (Wildman–Crippen MR) is 159 cm³/mol. The molecule has 0 amide bonds. The molecule has 4 nitrogen and oxygen atoms in total. The van der Waals surface area contributed by atoms with Crippen LogP contribution < -0.4 is 4.74 Å². The molecule has 0 aliphatic carbocycles. The molecule has 1 heterocycles. The lowest BCUT2D eigenvalue weighted by molar-refractivity contribution is -0.124. The van der Waals surface area contributed by atoms with Gasteiger partial charge >= 0.3 is 0 Å². The quantitative estimate of drug-likeness (QED) is 0.195. The zero-order valence-corrected chi connectivity index (χ0v) is 25.2. The zero-order chi connectivity index (χ0) is 29.4. The molecule has 224 valence electrons. The molecule has 0 saturated carbocycles. The number of fused-ring (bicyclic) bond motifs is 1. The second-order valence-electron chi connectivity index (χ2n) is 11.9. The zero-order valence-electron chi connectivity index (χ0n) is 24.4. The average molecular weight is 582 g/mol. The minimum Gasteiger partial charge on any atom is -0.508 e. The van der Waals surface area contributed by atoms with Gasteiger partial charge in [-0.3, -0.25) is 0 Å². The molecule has 0 unspecified atom stereocenters. The molecular formula is C32H46F3NO3S. The van der Waals surface area contributed by atoms with Crippen molar-refractivity contribution in [3.63, 3.8) is 0 Å². The van der Waals surface area contributed by atoms with Crippen molar-refractivity contribution in [2.24, 2.45) is 0 Å². The van der Waals surface area contributed by atoms with Gasteiger partial charge in [0.05, 0.1) is 6.61 Å². The summed E-state index contributed by atoms with van der Waals surface area (Å²) in [5.41, 5.74) is -0.487. The highest BCUT2D eigenvalue weighted by atomic mass is 32.2. The Morgan fingerprint density at radius 1 is 0.925 bits per heavy atom. The topological polar surface area (TPSA) is 52.9 Å². The van der Waals surface area contributed by atoms with Gasteiger partial charge in [0.2, 0.25) is 0 Å². The lowest BCUT2D eigenvalue weighted by atomic mass is 9.66.